The standard InChI is InChI=1S/C16H19F3O3/c1-2-3-4-5-8-11-22-15(21)13-10-7-6-9-12(13)14(20)16(17,18)19/h6-7,9-10H,2-5,8,11H2,1H3. The topological polar surface area (TPSA) is 43.4 Å². The van der Waals surface area contributed by atoms with Crippen molar-refractivity contribution in [3.63, 3.8) is 0 Å². The molecule has 3 nitrogen and oxygen atoms in total. The molecule has 0 spiro atoms. The van der Waals surface area contributed by atoms with Gasteiger partial charge in [0.25, 0.3) is 5.78 Å². The molecule has 0 heterocycles. The lowest BCUT2D eigenvalue weighted by atomic mass is 10.0. The first-order valence-electron chi connectivity index (χ1n) is 7.25. The summed E-state index contributed by atoms with van der Waals surface area (Å²) in [5.41, 5.74) is -1.02. The normalized spacial score (nSPS) is 11.3. The third-order valence-electron chi connectivity index (χ3n) is 3.13. The lowest BCUT2D eigenvalue weighted by molar-refractivity contribution is -0.0885. The van der Waals surface area contributed by atoms with Gasteiger partial charge in [-0.05, 0) is 12.5 Å². The Morgan fingerprint density at radius 3 is 2.18 bits per heavy atom. The third-order valence-corrected chi connectivity index (χ3v) is 3.13. The quantitative estimate of drug-likeness (QED) is 0.401. The average Bonchev–Trinajstić information content (AvgIpc) is 2.49. The van der Waals surface area contributed by atoms with Gasteiger partial charge < -0.3 is 4.74 Å². The number of hydrogen-bond donors (Lipinski definition) is 0. The van der Waals surface area contributed by atoms with Crippen LogP contribution in [0.25, 0.3) is 0 Å². The lowest BCUT2D eigenvalue weighted by Gasteiger charge is -2.10. The molecule has 0 aromatic heterocycles. The van der Waals surface area contributed by atoms with Gasteiger partial charge in [-0.3, -0.25) is 4.79 Å². The number of unbranched alkanes of at least 4 members (excludes halogenated alkanes) is 4. The third kappa shape index (κ3) is 5.50. The first kappa shape index (κ1) is 18.2. The average molecular weight is 316 g/mol. The molecule has 0 amide bonds. The molecule has 0 unspecified atom stereocenters. The first-order chi connectivity index (χ1) is 10.4. The zero-order valence-electron chi connectivity index (χ0n) is 12.4. The van der Waals surface area contributed by atoms with Gasteiger partial charge in [-0.15, -0.1) is 0 Å². The minimum absolute atomic E-state index is 0.136. The van der Waals surface area contributed by atoms with Crippen molar-refractivity contribution in [2.75, 3.05) is 6.61 Å². The minimum Gasteiger partial charge on any atom is -0.462 e. The molecule has 0 saturated heterocycles. The largest absolute Gasteiger partial charge is 0.462 e. The van der Waals surface area contributed by atoms with Crippen LogP contribution >= 0.6 is 0 Å². The Balaban J connectivity index is 2.64. The fourth-order valence-corrected chi connectivity index (χ4v) is 1.96. The van der Waals surface area contributed by atoms with Crippen molar-refractivity contribution in [3.8, 4) is 0 Å². The van der Waals surface area contributed by atoms with Gasteiger partial charge in [0.15, 0.2) is 0 Å². The molecule has 1 aromatic carbocycles. The molecule has 0 radical (unpaired) electrons. The number of Topliss-reactive ketones (excluding diaryl/α,β-unsaturated/α-hetero) is 1. The number of halogens is 3. The Kier molecular flexibility index (Phi) is 7.08. The maximum atomic E-state index is 12.5. The van der Waals surface area contributed by atoms with Crippen molar-refractivity contribution >= 4 is 11.8 Å². The van der Waals surface area contributed by atoms with E-state index in [2.05, 4.69) is 6.92 Å². The highest BCUT2D eigenvalue weighted by Gasteiger charge is 2.41. The highest BCUT2D eigenvalue weighted by atomic mass is 19.4. The van der Waals surface area contributed by atoms with E-state index in [0.717, 1.165) is 31.7 Å². The summed E-state index contributed by atoms with van der Waals surface area (Å²) in [7, 11) is 0. The van der Waals surface area contributed by atoms with Crippen LogP contribution in [0, 0.1) is 0 Å². The van der Waals surface area contributed by atoms with Crippen molar-refractivity contribution in [2.45, 2.75) is 45.2 Å². The summed E-state index contributed by atoms with van der Waals surface area (Å²) in [4.78, 5) is 23.2. The molecule has 0 saturated carbocycles. The number of ether oxygens (including phenoxy) is 1. The second kappa shape index (κ2) is 8.56. The molecule has 22 heavy (non-hydrogen) atoms. The molecule has 6 heteroatoms. The predicted octanol–water partition coefficient (Wildman–Crippen LogP) is 4.56. The molecule has 1 rings (SSSR count). The van der Waals surface area contributed by atoms with Gasteiger partial charge >= 0.3 is 12.1 Å². The SMILES string of the molecule is CCCCCCCOC(=O)c1ccccc1C(=O)C(F)(F)F. The van der Waals surface area contributed by atoms with Crippen LogP contribution in [0.4, 0.5) is 13.2 Å². The molecule has 0 bridgehead atoms. The summed E-state index contributed by atoms with van der Waals surface area (Å²) in [6, 6.07) is 4.82. The number of rotatable bonds is 8. The fraction of sp³-hybridized carbons (Fsp3) is 0.500. The number of alkyl halides is 3. The molecule has 0 fully saturated rings. The number of hydrogen-bond acceptors (Lipinski definition) is 3. The number of benzene rings is 1. The molecular formula is C16H19F3O3. The molecule has 0 aliphatic heterocycles. The van der Waals surface area contributed by atoms with E-state index < -0.39 is 23.5 Å². The zero-order chi connectivity index (χ0) is 16.6. The summed E-state index contributed by atoms with van der Waals surface area (Å²) in [5.74, 6) is -2.94. The van der Waals surface area contributed by atoms with Crippen LogP contribution in [-0.4, -0.2) is 24.5 Å². The Hall–Kier alpha value is -1.85. The monoisotopic (exact) mass is 316 g/mol. The zero-order valence-corrected chi connectivity index (χ0v) is 12.4. The smallest absolute Gasteiger partial charge is 0.454 e. The van der Waals surface area contributed by atoms with Crippen molar-refractivity contribution < 1.29 is 27.5 Å². The van der Waals surface area contributed by atoms with Gasteiger partial charge in [0, 0.05) is 5.56 Å². The maximum absolute atomic E-state index is 12.5. The van der Waals surface area contributed by atoms with Crippen LogP contribution < -0.4 is 0 Å². The number of esters is 1. The molecule has 0 aliphatic carbocycles. The Bertz CT molecular complexity index is 510. The summed E-state index contributed by atoms with van der Waals surface area (Å²) in [5, 5.41) is 0. The van der Waals surface area contributed by atoms with E-state index in [1.54, 1.807) is 0 Å². The van der Waals surface area contributed by atoms with Gasteiger partial charge in [-0.2, -0.15) is 13.2 Å². The van der Waals surface area contributed by atoms with E-state index in [9.17, 15) is 22.8 Å². The fourth-order valence-electron chi connectivity index (χ4n) is 1.96. The van der Waals surface area contributed by atoms with Crippen molar-refractivity contribution in [2.24, 2.45) is 0 Å². The Labute approximate surface area is 127 Å². The van der Waals surface area contributed by atoms with E-state index in [4.69, 9.17) is 4.74 Å². The second-order valence-electron chi connectivity index (χ2n) is 4.92. The Morgan fingerprint density at radius 2 is 1.59 bits per heavy atom. The van der Waals surface area contributed by atoms with Gasteiger partial charge in [-0.25, -0.2) is 4.79 Å². The van der Waals surface area contributed by atoms with Gasteiger partial charge in [0.05, 0.1) is 12.2 Å². The van der Waals surface area contributed by atoms with Crippen molar-refractivity contribution in [1.82, 2.24) is 0 Å². The van der Waals surface area contributed by atoms with E-state index in [1.807, 2.05) is 0 Å². The van der Waals surface area contributed by atoms with E-state index in [-0.39, 0.29) is 12.2 Å². The van der Waals surface area contributed by atoms with E-state index >= 15 is 0 Å². The second-order valence-corrected chi connectivity index (χ2v) is 4.92. The van der Waals surface area contributed by atoms with E-state index in [0.29, 0.717) is 6.42 Å². The maximum Gasteiger partial charge on any atom is 0.454 e. The van der Waals surface area contributed by atoms with Crippen LogP contribution in [0.15, 0.2) is 24.3 Å². The van der Waals surface area contributed by atoms with Crippen LogP contribution in [0.2, 0.25) is 0 Å². The van der Waals surface area contributed by atoms with Crippen molar-refractivity contribution in [1.29, 1.82) is 0 Å². The van der Waals surface area contributed by atoms with Crippen LogP contribution in [0.5, 0.6) is 0 Å². The molecular weight excluding hydrogens is 297 g/mol. The molecule has 122 valence electrons. The summed E-state index contributed by atoms with van der Waals surface area (Å²) >= 11 is 0. The van der Waals surface area contributed by atoms with Crippen molar-refractivity contribution in [3.05, 3.63) is 35.4 Å². The van der Waals surface area contributed by atoms with Gasteiger partial charge in [0.2, 0.25) is 0 Å². The van der Waals surface area contributed by atoms with Gasteiger partial charge in [0.1, 0.15) is 0 Å². The number of carbonyl (C=O) groups is 2. The minimum atomic E-state index is -5.02. The Morgan fingerprint density at radius 1 is 1.00 bits per heavy atom. The predicted molar refractivity (Wildman–Crippen MR) is 75.9 cm³/mol. The van der Waals surface area contributed by atoms with Crippen LogP contribution in [-0.2, 0) is 4.74 Å². The summed E-state index contributed by atoms with van der Waals surface area (Å²) in [6.07, 6.45) is -0.261. The van der Waals surface area contributed by atoms with Gasteiger partial charge in [-0.1, -0.05) is 50.8 Å². The van der Waals surface area contributed by atoms with Crippen LogP contribution in [0.3, 0.4) is 0 Å². The molecule has 0 N–H and O–H groups in total. The molecule has 0 atom stereocenters. The number of ketones is 1. The first-order valence-corrected chi connectivity index (χ1v) is 7.25. The number of carbonyl (C=O) groups excluding carboxylic acids is 2. The lowest BCUT2D eigenvalue weighted by Crippen LogP contribution is -2.25. The highest BCUT2D eigenvalue weighted by molar-refractivity contribution is 6.08. The molecule has 0 aliphatic rings. The highest BCUT2D eigenvalue weighted by Crippen LogP contribution is 2.24. The summed E-state index contributed by atoms with van der Waals surface area (Å²) in [6.45, 7) is 2.21. The summed E-state index contributed by atoms with van der Waals surface area (Å²) < 4.78 is 42.5. The van der Waals surface area contributed by atoms with E-state index in [1.165, 1.54) is 18.2 Å². The molecule has 1 aromatic rings. The van der Waals surface area contributed by atoms with Crippen LogP contribution in [0.1, 0.15) is 59.7 Å².